The summed E-state index contributed by atoms with van der Waals surface area (Å²) in [7, 11) is 0. The molecule has 0 aromatic carbocycles. The Kier molecular flexibility index (Phi) is 2.54. The molecule has 1 N–H and O–H groups in total. The van der Waals surface area contributed by atoms with Crippen molar-refractivity contribution in [3.05, 3.63) is 30.1 Å². The molecule has 1 aliphatic heterocycles. The molecule has 2 heterocycles. The van der Waals surface area contributed by atoms with Gasteiger partial charge in [0.05, 0.1) is 13.2 Å². The largest absolute Gasteiger partial charge is 0.394 e. The lowest BCUT2D eigenvalue weighted by atomic mass is 10.3. The minimum Gasteiger partial charge on any atom is -0.394 e. The predicted octanol–water partition coefficient (Wildman–Crippen LogP) is 0.488. The summed E-state index contributed by atoms with van der Waals surface area (Å²) in [5.74, 6) is 0. The zero-order chi connectivity index (χ0) is 9.10. The highest BCUT2D eigenvalue weighted by atomic mass is 16.7. The van der Waals surface area contributed by atoms with E-state index in [0.29, 0.717) is 6.61 Å². The quantitative estimate of drug-likeness (QED) is 0.721. The second-order valence-corrected chi connectivity index (χ2v) is 2.89. The molecule has 0 radical (unpaired) electrons. The molecule has 0 saturated carbocycles. The first kappa shape index (κ1) is 8.62. The van der Waals surface area contributed by atoms with Crippen LogP contribution in [0.3, 0.4) is 0 Å². The highest BCUT2D eigenvalue weighted by Crippen LogP contribution is 2.25. The van der Waals surface area contributed by atoms with Gasteiger partial charge in [-0.05, 0) is 12.1 Å². The molecule has 0 amide bonds. The van der Waals surface area contributed by atoms with Crippen molar-refractivity contribution in [3.8, 4) is 0 Å². The minimum absolute atomic E-state index is 0.00157. The lowest BCUT2D eigenvalue weighted by Crippen LogP contribution is -2.14. The fourth-order valence-corrected chi connectivity index (χ4v) is 1.24. The van der Waals surface area contributed by atoms with Crippen LogP contribution in [0, 0.1) is 0 Å². The molecule has 0 spiro atoms. The molecule has 1 fully saturated rings. The Morgan fingerprint density at radius 3 is 2.85 bits per heavy atom. The van der Waals surface area contributed by atoms with Crippen molar-refractivity contribution >= 4 is 0 Å². The van der Waals surface area contributed by atoms with Gasteiger partial charge in [0.25, 0.3) is 0 Å². The van der Waals surface area contributed by atoms with Gasteiger partial charge in [-0.2, -0.15) is 0 Å². The molecule has 2 atom stereocenters. The molecule has 13 heavy (non-hydrogen) atoms. The lowest BCUT2D eigenvalue weighted by molar-refractivity contribution is -0.0676. The number of nitrogens with zero attached hydrogens (tertiary/aromatic N) is 1. The van der Waals surface area contributed by atoms with Crippen LogP contribution in [-0.4, -0.2) is 29.4 Å². The van der Waals surface area contributed by atoms with Gasteiger partial charge in [0.2, 0.25) is 0 Å². The monoisotopic (exact) mass is 181 g/mol. The van der Waals surface area contributed by atoms with Gasteiger partial charge in [0.15, 0.2) is 6.29 Å². The minimum atomic E-state index is -0.347. The topological polar surface area (TPSA) is 51.6 Å². The second kappa shape index (κ2) is 3.83. The first-order chi connectivity index (χ1) is 6.40. The van der Waals surface area contributed by atoms with Crippen molar-refractivity contribution in [2.24, 2.45) is 0 Å². The van der Waals surface area contributed by atoms with Crippen LogP contribution in [-0.2, 0) is 9.47 Å². The van der Waals surface area contributed by atoms with E-state index in [1.165, 1.54) is 0 Å². The van der Waals surface area contributed by atoms with Crippen LogP contribution < -0.4 is 0 Å². The van der Waals surface area contributed by atoms with Crippen LogP contribution in [0.1, 0.15) is 11.9 Å². The van der Waals surface area contributed by atoms with Crippen molar-refractivity contribution in [3.63, 3.8) is 0 Å². The van der Waals surface area contributed by atoms with Crippen LogP contribution in [0.5, 0.6) is 0 Å². The maximum Gasteiger partial charge on any atom is 0.184 e. The third-order valence-electron chi connectivity index (χ3n) is 1.93. The number of rotatable bonds is 2. The molecule has 1 aromatic rings. The van der Waals surface area contributed by atoms with Crippen molar-refractivity contribution in [2.45, 2.75) is 12.4 Å². The van der Waals surface area contributed by atoms with E-state index in [-0.39, 0.29) is 19.0 Å². The predicted molar refractivity (Wildman–Crippen MR) is 44.9 cm³/mol. The number of hydrogen-bond donors (Lipinski definition) is 1. The van der Waals surface area contributed by atoms with Gasteiger partial charge >= 0.3 is 0 Å². The fraction of sp³-hybridized carbons (Fsp3) is 0.444. The van der Waals surface area contributed by atoms with Crippen molar-refractivity contribution in [2.75, 3.05) is 13.2 Å². The maximum absolute atomic E-state index is 8.81. The Morgan fingerprint density at radius 1 is 1.46 bits per heavy atom. The van der Waals surface area contributed by atoms with E-state index in [1.54, 1.807) is 12.4 Å². The molecular weight excluding hydrogens is 170 g/mol. The van der Waals surface area contributed by atoms with Crippen molar-refractivity contribution in [1.82, 2.24) is 4.98 Å². The summed E-state index contributed by atoms with van der Waals surface area (Å²) in [6, 6.07) is 3.68. The number of aliphatic hydroxyl groups is 1. The first-order valence-electron chi connectivity index (χ1n) is 4.18. The average molecular weight is 181 g/mol. The number of ether oxygens (including phenoxy) is 2. The summed E-state index contributed by atoms with van der Waals surface area (Å²) in [6.07, 6.45) is 2.83. The van der Waals surface area contributed by atoms with Gasteiger partial charge in [-0.1, -0.05) is 0 Å². The number of aromatic nitrogens is 1. The molecule has 0 bridgehead atoms. The van der Waals surface area contributed by atoms with E-state index >= 15 is 0 Å². The molecule has 1 saturated heterocycles. The molecule has 4 heteroatoms. The molecule has 70 valence electrons. The Hall–Kier alpha value is -0.970. The molecule has 4 nitrogen and oxygen atoms in total. The highest BCUT2D eigenvalue weighted by molar-refractivity contribution is 5.11. The summed E-state index contributed by atoms with van der Waals surface area (Å²) in [4.78, 5) is 3.90. The van der Waals surface area contributed by atoms with Gasteiger partial charge in [-0.15, -0.1) is 0 Å². The van der Waals surface area contributed by atoms with E-state index in [9.17, 15) is 0 Å². The maximum atomic E-state index is 8.81. The molecule has 2 rings (SSSR count). The van der Waals surface area contributed by atoms with E-state index in [1.807, 2.05) is 12.1 Å². The molecular formula is C9H11NO3. The Balaban J connectivity index is 2.04. The third-order valence-corrected chi connectivity index (χ3v) is 1.93. The molecule has 1 aromatic heterocycles. The summed E-state index contributed by atoms with van der Waals surface area (Å²) in [5.41, 5.74) is 0.936. The van der Waals surface area contributed by atoms with Crippen molar-refractivity contribution in [1.29, 1.82) is 0 Å². The highest BCUT2D eigenvalue weighted by Gasteiger charge is 2.26. The van der Waals surface area contributed by atoms with E-state index < -0.39 is 0 Å². The third kappa shape index (κ3) is 1.85. The van der Waals surface area contributed by atoms with Crippen molar-refractivity contribution < 1.29 is 14.6 Å². The summed E-state index contributed by atoms with van der Waals surface area (Å²) >= 11 is 0. The van der Waals surface area contributed by atoms with E-state index in [0.717, 1.165) is 5.56 Å². The molecule has 1 aliphatic rings. The fourth-order valence-electron chi connectivity index (χ4n) is 1.24. The smallest absolute Gasteiger partial charge is 0.184 e. The summed E-state index contributed by atoms with van der Waals surface area (Å²) in [5, 5.41) is 8.81. The van der Waals surface area contributed by atoms with Gasteiger partial charge in [0, 0.05) is 18.0 Å². The van der Waals surface area contributed by atoms with Crippen LogP contribution in [0.2, 0.25) is 0 Å². The van der Waals surface area contributed by atoms with Gasteiger partial charge in [-0.25, -0.2) is 0 Å². The van der Waals surface area contributed by atoms with Crippen LogP contribution in [0.25, 0.3) is 0 Å². The number of aliphatic hydroxyl groups excluding tert-OH is 1. The molecule has 2 unspecified atom stereocenters. The van der Waals surface area contributed by atoms with Gasteiger partial charge < -0.3 is 14.6 Å². The lowest BCUT2D eigenvalue weighted by Gasteiger charge is -2.09. The second-order valence-electron chi connectivity index (χ2n) is 2.89. The number of pyridine rings is 1. The van der Waals surface area contributed by atoms with Gasteiger partial charge in [-0.3, -0.25) is 4.98 Å². The summed E-state index contributed by atoms with van der Waals surface area (Å²) in [6.45, 7) is 0.449. The molecule has 0 aliphatic carbocycles. The number of hydrogen-bond acceptors (Lipinski definition) is 4. The standard InChI is InChI=1S/C9H11NO3/c11-5-8-6-12-9(13-8)7-1-3-10-4-2-7/h1-4,8-9,11H,5-6H2. The first-order valence-corrected chi connectivity index (χ1v) is 4.18. The normalized spacial score (nSPS) is 27.8. The van der Waals surface area contributed by atoms with E-state index in [2.05, 4.69) is 4.98 Å². The van der Waals surface area contributed by atoms with Crippen LogP contribution in [0.4, 0.5) is 0 Å². The average Bonchev–Trinajstić information content (AvgIpc) is 2.67. The Morgan fingerprint density at radius 2 is 2.23 bits per heavy atom. The van der Waals surface area contributed by atoms with Crippen LogP contribution in [0.15, 0.2) is 24.5 Å². The van der Waals surface area contributed by atoms with Gasteiger partial charge in [0.1, 0.15) is 6.10 Å². The SMILES string of the molecule is OCC1COC(c2ccncc2)O1. The van der Waals surface area contributed by atoms with Crippen LogP contribution >= 0.6 is 0 Å². The Labute approximate surface area is 76.1 Å². The van der Waals surface area contributed by atoms with E-state index in [4.69, 9.17) is 14.6 Å². The summed E-state index contributed by atoms with van der Waals surface area (Å²) < 4.78 is 10.7. The zero-order valence-corrected chi connectivity index (χ0v) is 7.09. The zero-order valence-electron chi connectivity index (χ0n) is 7.09. The Bertz CT molecular complexity index is 265.